The van der Waals surface area contributed by atoms with Crippen LogP contribution < -0.4 is 4.80 Å². The monoisotopic (exact) mass is 404 g/mol. The van der Waals surface area contributed by atoms with Crippen LogP contribution in [0.5, 0.6) is 0 Å². The molecule has 0 N–H and O–H groups in total. The van der Waals surface area contributed by atoms with E-state index in [0.29, 0.717) is 10.3 Å². The third kappa shape index (κ3) is 4.28. The fourth-order valence-electron chi connectivity index (χ4n) is 2.56. The molecule has 0 radical (unpaired) electrons. The van der Waals surface area contributed by atoms with Gasteiger partial charge in [-0.1, -0.05) is 23.5 Å². The lowest BCUT2D eigenvalue weighted by molar-refractivity contribution is -0.143. The Morgan fingerprint density at radius 3 is 2.78 bits per heavy atom. The molecule has 5 nitrogen and oxygen atoms in total. The molecule has 0 atom stereocenters. The van der Waals surface area contributed by atoms with Gasteiger partial charge < -0.3 is 9.30 Å². The second kappa shape index (κ2) is 8.49. The lowest BCUT2D eigenvalue weighted by atomic mass is 10.2. The van der Waals surface area contributed by atoms with Crippen LogP contribution in [0, 0.1) is 5.82 Å². The van der Waals surface area contributed by atoms with Crippen LogP contribution in [-0.2, 0) is 16.1 Å². The lowest BCUT2D eigenvalue weighted by Crippen LogP contribution is -2.23. The van der Waals surface area contributed by atoms with Gasteiger partial charge in [0.1, 0.15) is 12.4 Å². The summed E-state index contributed by atoms with van der Waals surface area (Å²) >= 11 is 2.68. The number of hydrogen-bond donors (Lipinski definition) is 0. The summed E-state index contributed by atoms with van der Waals surface area (Å²) in [5.41, 5.74) is 0.669. The molecule has 0 aliphatic heterocycles. The third-order valence-electron chi connectivity index (χ3n) is 3.76. The Balaban J connectivity index is 2.11. The molecule has 3 rings (SSSR count). The number of esters is 1. The van der Waals surface area contributed by atoms with E-state index in [1.165, 1.54) is 22.4 Å². The van der Waals surface area contributed by atoms with Crippen LogP contribution in [-0.4, -0.2) is 29.3 Å². The van der Waals surface area contributed by atoms with Crippen molar-refractivity contribution in [3.8, 4) is 0 Å². The second-order valence-electron chi connectivity index (χ2n) is 5.51. The summed E-state index contributed by atoms with van der Waals surface area (Å²) < 4.78 is 21.3. The highest BCUT2D eigenvalue weighted by Crippen LogP contribution is 2.21. The fraction of sp³-hybridized carbons (Fsp3) is 0.211. The fourth-order valence-corrected chi connectivity index (χ4v) is 4.06. The number of rotatable bonds is 5. The number of carbonyl (C=O) groups is 2. The Bertz CT molecular complexity index is 1070. The van der Waals surface area contributed by atoms with Gasteiger partial charge >= 0.3 is 5.97 Å². The molecule has 0 spiro atoms. The normalized spacial score (nSPS) is 11.7. The molecule has 0 saturated heterocycles. The van der Waals surface area contributed by atoms with Crippen LogP contribution in [0.15, 0.2) is 52.4 Å². The number of fused-ring (bicyclic) bond motifs is 1. The number of halogens is 1. The predicted octanol–water partition coefficient (Wildman–Crippen LogP) is 3.87. The van der Waals surface area contributed by atoms with E-state index in [2.05, 4.69) is 4.99 Å². The van der Waals surface area contributed by atoms with Crippen LogP contribution in [0.1, 0.15) is 17.3 Å². The van der Waals surface area contributed by atoms with Gasteiger partial charge in [0.2, 0.25) is 0 Å². The minimum absolute atomic E-state index is 0.217. The molecule has 1 aromatic heterocycles. The summed E-state index contributed by atoms with van der Waals surface area (Å²) in [4.78, 5) is 29.9. The van der Waals surface area contributed by atoms with E-state index in [9.17, 15) is 14.0 Å². The molecule has 8 heteroatoms. The van der Waals surface area contributed by atoms with Gasteiger partial charge in [0, 0.05) is 10.5 Å². The van der Waals surface area contributed by atoms with Crippen molar-refractivity contribution in [1.82, 2.24) is 4.57 Å². The highest BCUT2D eigenvalue weighted by Gasteiger charge is 2.15. The first-order chi connectivity index (χ1) is 13.0. The van der Waals surface area contributed by atoms with Gasteiger partial charge in [-0.15, -0.1) is 11.8 Å². The van der Waals surface area contributed by atoms with Crippen molar-refractivity contribution >= 4 is 45.2 Å². The van der Waals surface area contributed by atoms with E-state index in [1.54, 1.807) is 37.3 Å². The average Bonchev–Trinajstić information content (AvgIpc) is 3.00. The SMILES string of the molecule is CCOC(=O)Cn1c(=NC(=O)c2cccc(SC)c2)sc2cccc(F)c21. The Hall–Kier alpha value is -2.45. The Morgan fingerprint density at radius 2 is 2.04 bits per heavy atom. The van der Waals surface area contributed by atoms with Crippen LogP contribution in [0.4, 0.5) is 4.39 Å². The van der Waals surface area contributed by atoms with Crippen molar-refractivity contribution in [3.63, 3.8) is 0 Å². The topological polar surface area (TPSA) is 60.7 Å². The smallest absolute Gasteiger partial charge is 0.326 e. The number of aromatic nitrogens is 1. The first-order valence-electron chi connectivity index (χ1n) is 8.20. The highest BCUT2D eigenvalue weighted by molar-refractivity contribution is 7.98. The standard InChI is InChI=1S/C19H17FN2O3S2/c1-3-25-16(23)11-22-17-14(20)8-5-9-15(17)27-19(22)21-18(24)12-6-4-7-13(10-12)26-2/h4-10H,3,11H2,1-2H3. The number of nitrogens with zero attached hydrogens (tertiary/aromatic N) is 2. The Morgan fingerprint density at radius 1 is 1.26 bits per heavy atom. The van der Waals surface area contributed by atoms with E-state index >= 15 is 0 Å². The van der Waals surface area contributed by atoms with E-state index < -0.39 is 17.7 Å². The summed E-state index contributed by atoms with van der Waals surface area (Å²) in [5, 5.41) is 0. The van der Waals surface area contributed by atoms with Gasteiger partial charge in [-0.3, -0.25) is 9.59 Å². The van der Waals surface area contributed by atoms with Gasteiger partial charge in [0.25, 0.3) is 5.91 Å². The minimum Gasteiger partial charge on any atom is -0.465 e. The number of thiazole rings is 1. The van der Waals surface area contributed by atoms with Crippen molar-refractivity contribution in [3.05, 3.63) is 58.6 Å². The number of carbonyl (C=O) groups excluding carboxylic acids is 2. The summed E-state index contributed by atoms with van der Waals surface area (Å²) in [5.74, 6) is -1.44. The maximum atomic E-state index is 14.4. The number of hydrogen-bond acceptors (Lipinski definition) is 5. The van der Waals surface area contributed by atoms with Crippen molar-refractivity contribution in [1.29, 1.82) is 0 Å². The maximum absolute atomic E-state index is 14.4. The zero-order valence-electron chi connectivity index (χ0n) is 14.8. The van der Waals surface area contributed by atoms with Crippen molar-refractivity contribution < 1.29 is 18.7 Å². The van der Waals surface area contributed by atoms with Crippen molar-refractivity contribution in [2.45, 2.75) is 18.4 Å². The first kappa shape index (κ1) is 19.3. The molecule has 0 unspecified atom stereocenters. The molecule has 0 bridgehead atoms. The molecule has 0 saturated carbocycles. The van der Waals surface area contributed by atoms with E-state index in [-0.39, 0.29) is 23.5 Å². The average molecular weight is 404 g/mol. The molecule has 2 aromatic carbocycles. The van der Waals surface area contributed by atoms with Crippen molar-refractivity contribution in [2.24, 2.45) is 4.99 Å². The molecule has 140 valence electrons. The molecule has 1 amide bonds. The number of amides is 1. The zero-order valence-corrected chi connectivity index (χ0v) is 16.4. The van der Waals surface area contributed by atoms with Gasteiger partial charge in [-0.25, -0.2) is 4.39 Å². The van der Waals surface area contributed by atoms with Gasteiger partial charge in [-0.05, 0) is 43.5 Å². The molecule has 27 heavy (non-hydrogen) atoms. The molecule has 1 heterocycles. The molecular weight excluding hydrogens is 387 g/mol. The van der Waals surface area contributed by atoms with E-state index in [0.717, 1.165) is 16.2 Å². The summed E-state index contributed by atoms with van der Waals surface area (Å²) in [7, 11) is 0. The van der Waals surface area contributed by atoms with Gasteiger partial charge in [0.15, 0.2) is 4.80 Å². The Labute approximate surface area is 163 Å². The van der Waals surface area contributed by atoms with Crippen molar-refractivity contribution in [2.75, 3.05) is 12.9 Å². The maximum Gasteiger partial charge on any atom is 0.326 e. The molecule has 3 aromatic rings. The van der Waals surface area contributed by atoms with Crippen LogP contribution in [0.3, 0.4) is 0 Å². The predicted molar refractivity (Wildman–Crippen MR) is 105 cm³/mol. The van der Waals surface area contributed by atoms with E-state index in [1.807, 2.05) is 12.3 Å². The largest absolute Gasteiger partial charge is 0.465 e. The number of ether oxygens (including phenoxy) is 1. The first-order valence-corrected chi connectivity index (χ1v) is 10.2. The van der Waals surface area contributed by atoms with Gasteiger partial charge in [0.05, 0.1) is 16.8 Å². The quantitative estimate of drug-likeness (QED) is 0.478. The van der Waals surface area contributed by atoms with Crippen LogP contribution in [0.2, 0.25) is 0 Å². The number of thioether (sulfide) groups is 1. The van der Waals surface area contributed by atoms with E-state index in [4.69, 9.17) is 4.74 Å². The molecule has 0 fully saturated rings. The zero-order chi connectivity index (χ0) is 19.4. The number of para-hydroxylation sites is 1. The lowest BCUT2D eigenvalue weighted by Gasteiger charge is -2.05. The summed E-state index contributed by atoms with van der Waals surface area (Å²) in [6.07, 6.45) is 1.92. The Kier molecular flexibility index (Phi) is 6.08. The third-order valence-corrected chi connectivity index (χ3v) is 5.53. The van der Waals surface area contributed by atoms with Gasteiger partial charge in [-0.2, -0.15) is 4.99 Å². The number of benzene rings is 2. The van der Waals surface area contributed by atoms with Crippen LogP contribution >= 0.6 is 23.1 Å². The van der Waals surface area contributed by atoms with Crippen LogP contribution in [0.25, 0.3) is 10.2 Å². The summed E-state index contributed by atoms with van der Waals surface area (Å²) in [6.45, 7) is 1.70. The molecule has 0 aliphatic carbocycles. The molecule has 0 aliphatic rings. The second-order valence-corrected chi connectivity index (χ2v) is 7.40. The summed E-state index contributed by atoms with van der Waals surface area (Å²) in [6, 6.07) is 11.7. The highest BCUT2D eigenvalue weighted by atomic mass is 32.2. The minimum atomic E-state index is -0.515. The molecular formula is C19H17FN2O3S2.